The van der Waals surface area contributed by atoms with Gasteiger partial charge in [0.15, 0.2) is 0 Å². The van der Waals surface area contributed by atoms with Gasteiger partial charge in [0, 0.05) is 53.0 Å². The summed E-state index contributed by atoms with van der Waals surface area (Å²) in [6.45, 7) is 7.81. The van der Waals surface area contributed by atoms with Gasteiger partial charge in [-0.05, 0) is 85.9 Å². The van der Waals surface area contributed by atoms with Gasteiger partial charge in [-0.15, -0.1) is 0 Å². The van der Waals surface area contributed by atoms with Crippen LogP contribution < -0.4 is 10.1 Å². The molecule has 1 saturated heterocycles. The first-order chi connectivity index (χ1) is 25.3. The SMILES string of the molecule is CCc1cc(NC(=O)c2ccc3c(c2)nc(CN2CC=C(c4cccc(OCc5ccc(Cl)cc5F)n4)CC2)n3C[C@@H]2CCO2)cc2c(C)n[nH]c12. The molecule has 0 aliphatic carbocycles. The molecule has 6 aromatic rings. The van der Waals surface area contributed by atoms with Gasteiger partial charge in [0.2, 0.25) is 5.88 Å². The molecular weight excluding hydrogens is 681 g/mol. The van der Waals surface area contributed by atoms with Crippen LogP contribution in [0.15, 0.2) is 72.8 Å². The molecule has 3 aromatic carbocycles. The molecule has 1 amide bonds. The summed E-state index contributed by atoms with van der Waals surface area (Å²) in [6.07, 6.45) is 4.99. The average Bonchev–Trinajstić information content (AvgIpc) is 3.68. The Labute approximate surface area is 305 Å². The molecule has 2 N–H and O–H groups in total. The van der Waals surface area contributed by atoms with E-state index in [0.29, 0.717) is 35.1 Å². The smallest absolute Gasteiger partial charge is 0.255 e. The lowest BCUT2D eigenvalue weighted by Crippen LogP contribution is -2.33. The number of nitrogens with zero attached hydrogens (tertiary/aromatic N) is 5. The zero-order valence-electron chi connectivity index (χ0n) is 29.1. The Morgan fingerprint density at radius 1 is 1.12 bits per heavy atom. The van der Waals surface area contributed by atoms with Crippen molar-refractivity contribution >= 4 is 50.7 Å². The molecule has 0 radical (unpaired) electrons. The Kier molecular flexibility index (Phi) is 9.48. The fraction of sp³-hybridized carbons (Fsp3) is 0.300. The van der Waals surface area contributed by atoms with Crippen LogP contribution in [-0.2, 0) is 30.9 Å². The number of aromatic nitrogens is 5. The number of aryl methyl sites for hydroxylation is 2. The molecule has 10 nitrogen and oxygen atoms in total. The number of imidazole rings is 1. The number of anilines is 1. The maximum atomic E-state index is 14.2. The number of hydrogen-bond donors (Lipinski definition) is 2. The number of hydrogen-bond acceptors (Lipinski definition) is 7. The van der Waals surface area contributed by atoms with Gasteiger partial charge in [-0.25, -0.2) is 14.4 Å². The molecule has 0 bridgehead atoms. The lowest BCUT2D eigenvalue weighted by Gasteiger charge is -2.29. The summed E-state index contributed by atoms with van der Waals surface area (Å²) in [5.41, 5.74) is 8.48. The number of carbonyl (C=O) groups excluding carboxylic acids is 1. The zero-order valence-corrected chi connectivity index (χ0v) is 29.8. The lowest BCUT2D eigenvalue weighted by atomic mass is 10.0. The zero-order chi connectivity index (χ0) is 35.8. The summed E-state index contributed by atoms with van der Waals surface area (Å²) >= 11 is 5.88. The first kappa shape index (κ1) is 34.0. The number of carbonyl (C=O) groups is 1. The molecule has 8 rings (SSSR count). The Morgan fingerprint density at radius 3 is 2.77 bits per heavy atom. The highest BCUT2D eigenvalue weighted by Gasteiger charge is 2.24. The summed E-state index contributed by atoms with van der Waals surface area (Å²) in [4.78, 5) is 25.7. The van der Waals surface area contributed by atoms with Crippen molar-refractivity contribution in [3.8, 4) is 5.88 Å². The van der Waals surface area contributed by atoms with Gasteiger partial charge in [0.25, 0.3) is 5.91 Å². The number of amides is 1. The summed E-state index contributed by atoms with van der Waals surface area (Å²) in [6, 6.07) is 19.9. The maximum absolute atomic E-state index is 14.2. The van der Waals surface area contributed by atoms with Crippen molar-refractivity contribution in [1.82, 2.24) is 29.6 Å². The molecule has 12 heteroatoms. The first-order valence-corrected chi connectivity index (χ1v) is 18.0. The Hall–Kier alpha value is -5.10. The van der Waals surface area contributed by atoms with E-state index in [2.05, 4.69) is 38.0 Å². The second-order valence-corrected chi connectivity index (χ2v) is 13.8. The highest BCUT2D eigenvalue weighted by atomic mass is 35.5. The van der Waals surface area contributed by atoms with Crippen LogP contribution in [0.5, 0.6) is 5.88 Å². The molecule has 1 atom stereocenters. The topological polar surface area (TPSA) is 110 Å². The number of aromatic amines is 1. The van der Waals surface area contributed by atoms with Crippen LogP contribution in [0.3, 0.4) is 0 Å². The molecule has 266 valence electrons. The molecule has 0 spiro atoms. The monoisotopic (exact) mass is 719 g/mol. The van der Waals surface area contributed by atoms with Crippen LogP contribution >= 0.6 is 11.6 Å². The summed E-state index contributed by atoms with van der Waals surface area (Å²) in [5.74, 6) is 0.793. The molecule has 0 unspecified atom stereocenters. The van der Waals surface area contributed by atoms with E-state index in [4.69, 9.17) is 31.0 Å². The normalized spacial score (nSPS) is 16.2. The fourth-order valence-electron chi connectivity index (χ4n) is 6.90. The highest BCUT2D eigenvalue weighted by Crippen LogP contribution is 2.29. The second-order valence-electron chi connectivity index (χ2n) is 13.4. The lowest BCUT2D eigenvalue weighted by molar-refractivity contribution is -0.0591. The minimum absolute atomic E-state index is 0.0626. The van der Waals surface area contributed by atoms with Gasteiger partial charge in [0.1, 0.15) is 18.2 Å². The highest BCUT2D eigenvalue weighted by molar-refractivity contribution is 6.30. The Balaban J connectivity index is 0.974. The predicted octanol–water partition coefficient (Wildman–Crippen LogP) is 7.88. The van der Waals surface area contributed by atoms with Gasteiger partial charge in [0.05, 0.1) is 47.1 Å². The fourth-order valence-corrected chi connectivity index (χ4v) is 7.06. The number of ether oxygens (including phenoxy) is 2. The molecule has 5 heterocycles. The molecule has 2 aliphatic rings. The number of nitrogens with one attached hydrogen (secondary N) is 2. The summed E-state index contributed by atoms with van der Waals surface area (Å²) in [5, 5.41) is 11.9. The molecule has 2 aliphatic heterocycles. The quantitative estimate of drug-likeness (QED) is 0.140. The molecule has 0 saturated carbocycles. The van der Waals surface area contributed by atoms with E-state index in [1.807, 2.05) is 49.4 Å². The van der Waals surface area contributed by atoms with E-state index < -0.39 is 5.82 Å². The van der Waals surface area contributed by atoms with Crippen molar-refractivity contribution in [1.29, 1.82) is 0 Å². The number of halogens is 2. The van der Waals surface area contributed by atoms with Crippen molar-refractivity contribution in [2.75, 3.05) is 25.0 Å². The van der Waals surface area contributed by atoms with E-state index in [0.717, 1.165) is 94.9 Å². The van der Waals surface area contributed by atoms with Crippen LogP contribution in [0, 0.1) is 12.7 Å². The molecule has 1 fully saturated rings. The minimum atomic E-state index is -0.404. The Bertz CT molecular complexity index is 2330. The number of rotatable bonds is 11. The van der Waals surface area contributed by atoms with E-state index >= 15 is 0 Å². The van der Waals surface area contributed by atoms with Crippen molar-refractivity contribution in [3.63, 3.8) is 0 Å². The van der Waals surface area contributed by atoms with Gasteiger partial charge in [-0.3, -0.25) is 14.8 Å². The second kappa shape index (κ2) is 14.5. The minimum Gasteiger partial charge on any atom is -0.473 e. The number of fused-ring (bicyclic) bond motifs is 2. The van der Waals surface area contributed by atoms with Gasteiger partial charge >= 0.3 is 0 Å². The van der Waals surface area contributed by atoms with E-state index in [-0.39, 0.29) is 18.6 Å². The van der Waals surface area contributed by atoms with Gasteiger partial charge in [-0.1, -0.05) is 36.7 Å². The van der Waals surface area contributed by atoms with Crippen LogP contribution in [-0.4, -0.2) is 61.3 Å². The van der Waals surface area contributed by atoms with E-state index in [1.54, 1.807) is 18.2 Å². The number of benzene rings is 3. The van der Waals surface area contributed by atoms with Crippen molar-refractivity contribution in [2.24, 2.45) is 0 Å². The molecular formula is C40H39ClFN7O3. The first-order valence-electron chi connectivity index (χ1n) is 17.7. The Morgan fingerprint density at radius 2 is 2.00 bits per heavy atom. The number of H-pyrrole nitrogens is 1. The molecule has 3 aromatic heterocycles. The number of pyridine rings is 1. The standard InChI is InChI=1S/C40H39ClFN7O3/c1-3-25-17-30(20-32-24(2)46-47-39(25)32)43-40(50)27-8-10-36-35(18-27)44-37(49(36)21-31-13-16-51-31)22-48-14-11-26(12-15-48)34-5-4-6-38(45-34)52-23-28-7-9-29(41)19-33(28)42/h4-11,17-20,31H,3,12-16,21-23H2,1-2H3,(H,43,50)(H,46,47)/t31-/m0/s1. The van der Waals surface area contributed by atoms with Gasteiger partial charge in [-0.2, -0.15) is 5.10 Å². The third kappa shape index (κ3) is 7.04. The van der Waals surface area contributed by atoms with Crippen molar-refractivity contribution in [3.05, 3.63) is 118 Å². The van der Waals surface area contributed by atoms with Crippen molar-refractivity contribution in [2.45, 2.75) is 58.9 Å². The summed E-state index contributed by atoms with van der Waals surface area (Å²) in [7, 11) is 0. The van der Waals surface area contributed by atoms with E-state index in [9.17, 15) is 9.18 Å². The van der Waals surface area contributed by atoms with Crippen LogP contribution in [0.1, 0.15) is 58.5 Å². The van der Waals surface area contributed by atoms with Crippen LogP contribution in [0.2, 0.25) is 5.02 Å². The average molecular weight is 720 g/mol. The third-order valence-electron chi connectivity index (χ3n) is 9.95. The predicted molar refractivity (Wildman–Crippen MR) is 200 cm³/mol. The van der Waals surface area contributed by atoms with E-state index in [1.165, 1.54) is 6.07 Å². The van der Waals surface area contributed by atoms with Crippen LogP contribution in [0.4, 0.5) is 10.1 Å². The van der Waals surface area contributed by atoms with Crippen LogP contribution in [0.25, 0.3) is 27.5 Å². The van der Waals surface area contributed by atoms with Crippen molar-refractivity contribution < 1.29 is 18.7 Å². The largest absolute Gasteiger partial charge is 0.473 e. The molecule has 52 heavy (non-hydrogen) atoms. The maximum Gasteiger partial charge on any atom is 0.255 e. The summed E-state index contributed by atoms with van der Waals surface area (Å²) < 4.78 is 28.1. The van der Waals surface area contributed by atoms with Gasteiger partial charge < -0.3 is 19.4 Å². The third-order valence-corrected chi connectivity index (χ3v) is 10.2.